The maximum Gasteiger partial charge on any atom is 0.294 e. The largest absolute Gasteiger partial charge is 0.453 e. The van der Waals surface area contributed by atoms with Crippen molar-refractivity contribution in [1.29, 1.82) is 0 Å². The number of benzene rings is 1. The zero-order chi connectivity index (χ0) is 10.5. The Labute approximate surface area is 87.7 Å². The molecule has 3 nitrogen and oxygen atoms in total. The zero-order valence-corrected chi connectivity index (χ0v) is 8.09. The number of H-pyrrole nitrogens is 1. The number of hydrogen-bond acceptors (Lipinski definition) is 2. The Kier molecular flexibility index (Phi) is 2.83. The first kappa shape index (κ1) is 9.52. The molecule has 0 bridgehead atoms. The number of hydrogen-bond donors (Lipinski definition) is 1. The van der Waals surface area contributed by atoms with Crippen LogP contribution >= 0.6 is 0 Å². The summed E-state index contributed by atoms with van der Waals surface area (Å²) < 4.78 is 5.06. The molecule has 0 radical (unpaired) electrons. The van der Waals surface area contributed by atoms with E-state index >= 15 is 0 Å². The summed E-state index contributed by atoms with van der Waals surface area (Å²) in [5, 5.41) is 0. The van der Waals surface area contributed by atoms with Crippen LogP contribution in [0.1, 0.15) is 17.4 Å². The summed E-state index contributed by atoms with van der Waals surface area (Å²) in [4.78, 5) is 13.5. The maximum atomic E-state index is 10.4. The average molecular weight is 201 g/mol. The van der Waals surface area contributed by atoms with E-state index in [1.165, 1.54) is 0 Å². The summed E-state index contributed by atoms with van der Waals surface area (Å²) in [6.07, 6.45) is 1.46. The molecule has 0 saturated heterocycles. The Morgan fingerprint density at radius 1 is 1.13 bits per heavy atom. The molecule has 0 aliphatic carbocycles. The lowest BCUT2D eigenvalue weighted by Gasteiger charge is -2.13. The second-order valence-corrected chi connectivity index (χ2v) is 3.15. The standard InChI is InChI=1S/C12H11NO2/c14-9-15-12(11-7-4-8-13-11)10-5-2-1-3-6-10/h1-9,12-13H. The second kappa shape index (κ2) is 4.46. The fourth-order valence-electron chi connectivity index (χ4n) is 1.52. The van der Waals surface area contributed by atoms with E-state index in [4.69, 9.17) is 4.74 Å². The Balaban J connectivity index is 2.32. The van der Waals surface area contributed by atoms with Crippen LogP contribution in [0.25, 0.3) is 0 Å². The minimum Gasteiger partial charge on any atom is -0.453 e. The highest BCUT2D eigenvalue weighted by Gasteiger charge is 2.14. The third-order valence-electron chi connectivity index (χ3n) is 2.20. The van der Waals surface area contributed by atoms with E-state index in [2.05, 4.69) is 4.98 Å². The third-order valence-corrected chi connectivity index (χ3v) is 2.20. The molecule has 0 amide bonds. The predicted molar refractivity (Wildman–Crippen MR) is 56.2 cm³/mol. The van der Waals surface area contributed by atoms with Crippen LogP contribution in [-0.4, -0.2) is 11.5 Å². The molecule has 0 spiro atoms. The Hall–Kier alpha value is -2.03. The van der Waals surface area contributed by atoms with Crippen LogP contribution in [0.3, 0.4) is 0 Å². The van der Waals surface area contributed by atoms with E-state index in [9.17, 15) is 4.79 Å². The molecular weight excluding hydrogens is 190 g/mol. The van der Waals surface area contributed by atoms with Gasteiger partial charge in [0.15, 0.2) is 6.10 Å². The molecule has 2 rings (SSSR count). The van der Waals surface area contributed by atoms with Crippen molar-refractivity contribution in [3.05, 3.63) is 59.9 Å². The van der Waals surface area contributed by atoms with Crippen LogP contribution in [0.5, 0.6) is 0 Å². The van der Waals surface area contributed by atoms with E-state index < -0.39 is 0 Å². The van der Waals surface area contributed by atoms with Gasteiger partial charge >= 0.3 is 0 Å². The van der Waals surface area contributed by atoms with Gasteiger partial charge in [-0.2, -0.15) is 0 Å². The van der Waals surface area contributed by atoms with Gasteiger partial charge in [-0.25, -0.2) is 0 Å². The van der Waals surface area contributed by atoms with Crippen molar-refractivity contribution < 1.29 is 9.53 Å². The van der Waals surface area contributed by atoms with E-state index in [0.29, 0.717) is 6.47 Å². The lowest BCUT2D eigenvalue weighted by Crippen LogP contribution is -2.05. The lowest BCUT2D eigenvalue weighted by atomic mass is 10.1. The van der Waals surface area contributed by atoms with Crippen LogP contribution < -0.4 is 0 Å². The number of aromatic nitrogens is 1. The maximum absolute atomic E-state index is 10.4. The lowest BCUT2D eigenvalue weighted by molar-refractivity contribution is -0.132. The van der Waals surface area contributed by atoms with Gasteiger partial charge in [0, 0.05) is 6.20 Å². The number of ether oxygens (including phenoxy) is 1. The monoisotopic (exact) mass is 201 g/mol. The molecule has 3 heteroatoms. The minimum absolute atomic E-state index is 0.348. The number of aromatic amines is 1. The van der Waals surface area contributed by atoms with E-state index in [1.807, 2.05) is 42.5 Å². The quantitative estimate of drug-likeness (QED) is 0.771. The van der Waals surface area contributed by atoms with Gasteiger partial charge < -0.3 is 9.72 Å². The smallest absolute Gasteiger partial charge is 0.294 e. The Bertz CT molecular complexity index is 408. The first-order valence-electron chi connectivity index (χ1n) is 4.69. The van der Waals surface area contributed by atoms with Gasteiger partial charge in [0.2, 0.25) is 0 Å². The fourth-order valence-corrected chi connectivity index (χ4v) is 1.52. The number of rotatable bonds is 4. The Morgan fingerprint density at radius 3 is 2.53 bits per heavy atom. The van der Waals surface area contributed by atoms with Gasteiger partial charge in [0.25, 0.3) is 6.47 Å². The molecule has 0 fully saturated rings. The zero-order valence-electron chi connectivity index (χ0n) is 8.09. The molecule has 1 N–H and O–H groups in total. The molecule has 2 aromatic rings. The number of carbonyl (C=O) groups excluding carboxylic acids is 1. The molecule has 1 aromatic carbocycles. The minimum atomic E-state index is -0.348. The van der Waals surface area contributed by atoms with Crippen molar-refractivity contribution in [2.75, 3.05) is 0 Å². The second-order valence-electron chi connectivity index (χ2n) is 3.15. The molecule has 0 aliphatic rings. The third kappa shape index (κ3) is 2.07. The van der Waals surface area contributed by atoms with Crippen LogP contribution in [-0.2, 0) is 9.53 Å². The molecule has 1 atom stereocenters. The van der Waals surface area contributed by atoms with E-state index in [1.54, 1.807) is 6.20 Å². The van der Waals surface area contributed by atoms with Gasteiger partial charge in [-0.15, -0.1) is 0 Å². The fraction of sp³-hybridized carbons (Fsp3) is 0.0833. The van der Waals surface area contributed by atoms with Crippen molar-refractivity contribution in [2.24, 2.45) is 0 Å². The molecular formula is C12H11NO2. The van der Waals surface area contributed by atoms with Gasteiger partial charge in [-0.05, 0) is 17.7 Å². The van der Waals surface area contributed by atoms with Crippen LogP contribution in [0.15, 0.2) is 48.7 Å². The normalized spacial score (nSPS) is 12.0. The number of nitrogens with one attached hydrogen (secondary N) is 1. The van der Waals surface area contributed by atoms with Crippen LogP contribution in [0, 0.1) is 0 Å². The molecule has 0 aliphatic heterocycles. The highest BCUT2D eigenvalue weighted by atomic mass is 16.5. The molecule has 76 valence electrons. The first-order valence-corrected chi connectivity index (χ1v) is 4.69. The van der Waals surface area contributed by atoms with Crippen LogP contribution in [0.2, 0.25) is 0 Å². The van der Waals surface area contributed by atoms with Crippen molar-refractivity contribution in [2.45, 2.75) is 6.10 Å². The van der Waals surface area contributed by atoms with Gasteiger partial charge in [0.05, 0.1) is 5.69 Å². The predicted octanol–water partition coefficient (Wildman–Crippen LogP) is 2.28. The summed E-state index contributed by atoms with van der Waals surface area (Å²) in [7, 11) is 0. The van der Waals surface area contributed by atoms with Crippen molar-refractivity contribution >= 4 is 6.47 Å². The van der Waals surface area contributed by atoms with Crippen molar-refractivity contribution in [3.8, 4) is 0 Å². The summed E-state index contributed by atoms with van der Waals surface area (Å²) in [6, 6.07) is 13.4. The molecule has 1 unspecified atom stereocenters. The van der Waals surface area contributed by atoms with Gasteiger partial charge in [0.1, 0.15) is 0 Å². The SMILES string of the molecule is O=COC(c1ccccc1)c1ccc[nH]1. The first-order chi connectivity index (χ1) is 7.42. The Morgan fingerprint density at radius 2 is 1.93 bits per heavy atom. The van der Waals surface area contributed by atoms with Gasteiger partial charge in [-0.3, -0.25) is 4.79 Å². The average Bonchev–Trinajstić information content (AvgIpc) is 2.80. The molecule has 0 saturated carbocycles. The van der Waals surface area contributed by atoms with E-state index in [0.717, 1.165) is 11.3 Å². The summed E-state index contributed by atoms with van der Waals surface area (Å²) in [5.41, 5.74) is 1.82. The topological polar surface area (TPSA) is 42.1 Å². The molecule has 15 heavy (non-hydrogen) atoms. The summed E-state index contributed by atoms with van der Waals surface area (Å²) in [6.45, 7) is 0.471. The molecule has 1 aromatic heterocycles. The van der Waals surface area contributed by atoms with Crippen molar-refractivity contribution in [1.82, 2.24) is 4.98 Å². The van der Waals surface area contributed by atoms with E-state index in [-0.39, 0.29) is 6.10 Å². The van der Waals surface area contributed by atoms with Gasteiger partial charge in [-0.1, -0.05) is 30.3 Å². The highest BCUT2D eigenvalue weighted by molar-refractivity contribution is 5.40. The summed E-state index contributed by atoms with van der Waals surface area (Å²) >= 11 is 0. The number of carbonyl (C=O) groups is 1. The van der Waals surface area contributed by atoms with Crippen molar-refractivity contribution in [3.63, 3.8) is 0 Å². The molecule has 1 heterocycles. The van der Waals surface area contributed by atoms with Crippen LogP contribution in [0.4, 0.5) is 0 Å². The summed E-state index contributed by atoms with van der Waals surface area (Å²) in [5.74, 6) is 0. The highest BCUT2D eigenvalue weighted by Crippen LogP contribution is 2.23.